The summed E-state index contributed by atoms with van der Waals surface area (Å²) in [5.41, 5.74) is 0. The van der Waals surface area contributed by atoms with Crippen LogP contribution in [0.1, 0.15) is 20.8 Å². The molecule has 3 amide bonds. The van der Waals surface area contributed by atoms with Gasteiger partial charge in [0.05, 0.1) is 25.4 Å². The Balaban J connectivity index is 1.34. The van der Waals surface area contributed by atoms with Crippen LogP contribution in [0.2, 0.25) is 0 Å². The minimum absolute atomic E-state index is 0.123. The number of aliphatic carboxylic acids is 1. The number of aliphatic hydroxyl groups is 8. The van der Waals surface area contributed by atoms with Gasteiger partial charge in [0.2, 0.25) is 11.8 Å². The van der Waals surface area contributed by atoms with Crippen molar-refractivity contribution in [1.29, 1.82) is 0 Å². The molecule has 362 valence electrons. The lowest BCUT2D eigenvalue weighted by molar-refractivity contribution is -0.366. The Morgan fingerprint density at radius 2 is 1.25 bits per heavy atom. The largest absolute Gasteiger partial charge is 0.479 e. The van der Waals surface area contributed by atoms with Crippen molar-refractivity contribution >= 4 is 45.3 Å². The highest BCUT2D eigenvalue weighted by Gasteiger charge is 2.57. The zero-order valence-electron chi connectivity index (χ0n) is 34.9. The van der Waals surface area contributed by atoms with E-state index in [1.54, 1.807) is 12.3 Å². The first-order chi connectivity index (χ1) is 30.4. The molecule has 0 saturated carbocycles. The van der Waals surface area contributed by atoms with Crippen molar-refractivity contribution in [3.63, 3.8) is 0 Å². The van der Waals surface area contributed by atoms with E-state index in [1.165, 1.54) is 28.5 Å². The minimum Gasteiger partial charge on any atom is -0.479 e. The summed E-state index contributed by atoms with van der Waals surface area (Å²) in [6.45, 7) is 2.16. The molecule has 4 aliphatic heterocycles. The van der Waals surface area contributed by atoms with Gasteiger partial charge in [-0.15, -0.1) is 0 Å². The monoisotopic (exact) mass is 956 g/mol. The van der Waals surface area contributed by atoms with E-state index in [4.69, 9.17) is 37.9 Å². The standard InChI is InChI=1S/C37H56N4O21S2/c1-13-19(40-14(2)44)27(21(46)16(11-42)56-13)58-37-26(51)24(49)30(32(62-37)34(53)54)60-35-20(41-15(3)45)28(22(47)17(12-43)57-35)59-36-25(50)23(48)29(55-4)31(61-36)33(52)39-9-10-63-64-18-7-5-6-8-38-18/h5-8,13,16-17,19-32,35-37,42-43,46-51H,9-12H2,1-4H3,(H,39,52)(H,40,44)(H,41,45)(H,53,54)/t13-,16?,17?,19?,20?,21+,22+,23+,24+,25?,26?,27+,28+,29-,30-,31?,32?,35-,36+,37+/m0/s1. The molecular weight excluding hydrogens is 901 g/mol. The molecule has 64 heavy (non-hydrogen) atoms. The van der Waals surface area contributed by atoms with E-state index in [0.717, 1.165) is 26.0 Å². The first-order valence-electron chi connectivity index (χ1n) is 20.1. The molecular formula is C37H56N4O21S2. The molecule has 0 radical (unpaired) electrons. The van der Waals surface area contributed by atoms with E-state index in [9.17, 15) is 65.1 Å². The highest BCUT2D eigenvalue weighted by molar-refractivity contribution is 8.76. The summed E-state index contributed by atoms with van der Waals surface area (Å²) in [6, 6.07) is 2.56. The van der Waals surface area contributed by atoms with E-state index in [2.05, 4.69) is 20.9 Å². The van der Waals surface area contributed by atoms with Gasteiger partial charge in [-0.2, -0.15) is 0 Å². The predicted octanol–water partition coefficient (Wildman–Crippen LogP) is -5.69. The molecule has 4 saturated heterocycles. The molecule has 25 nitrogen and oxygen atoms in total. The number of carboxylic acids is 1. The minimum atomic E-state index is -2.22. The highest BCUT2D eigenvalue weighted by Crippen LogP contribution is 2.35. The predicted molar refractivity (Wildman–Crippen MR) is 214 cm³/mol. The number of aliphatic hydroxyl groups excluding tert-OH is 8. The van der Waals surface area contributed by atoms with E-state index in [0.29, 0.717) is 5.75 Å². The average molecular weight is 957 g/mol. The topological polar surface area (TPSA) is 373 Å². The van der Waals surface area contributed by atoms with Gasteiger partial charge in [-0.1, -0.05) is 16.9 Å². The van der Waals surface area contributed by atoms with Gasteiger partial charge in [0, 0.05) is 39.5 Å². The van der Waals surface area contributed by atoms with Crippen molar-refractivity contribution in [2.45, 2.75) is 148 Å². The number of nitrogens with one attached hydrogen (secondary N) is 3. The lowest BCUT2D eigenvalue weighted by Crippen LogP contribution is -2.70. The smallest absolute Gasteiger partial charge is 0.335 e. The van der Waals surface area contributed by atoms with Gasteiger partial charge in [-0.25, -0.2) is 9.78 Å². The molecule has 4 aliphatic rings. The lowest BCUT2D eigenvalue weighted by Gasteiger charge is -2.50. The zero-order valence-corrected chi connectivity index (χ0v) is 36.5. The van der Waals surface area contributed by atoms with Crippen molar-refractivity contribution in [2.24, 2.45) is 0 Å². The SMILES string of the molecule is CO[C@@H]1C(C(=O)NCCSSc2ccccn2)O[C@@H](O[C@@H]2C(NC(C)=O)[C@H](O[C@@H]3C(C(=O)O)O[C@@H](O[C@@H]4C(NC(C)=O)[C@H](C)OC(CO)[C@H]4O)C(O)[C@H]3O)OC(CO)[C@H]2O)C(O)[C@H]1O. The Hall–Kier alpha value is -2.91. The number of ether oxygens (including phenoxy) is 8. The number of amides is 3. The third kappa shape index (κ3) is 12.3. The number of nitrogens with zero attached hydrogens (tertiary/aromatic N) is 1. The molecule has 0 bridgehead atoms. The maximum absolute atomic E-state index is 13.4. The van der Waals surface area contributed by atoms with Crippen LogP contribution in [-0.4, -0.2) is 230 Å². The number of carboxylic acid groups (broad SMARTS) is 1. The number of hydrogen-bond donors (Lipinski definition) is 12. The molecule has 0 spiro atoms. The molecule has 12 N–H and O–H groups in total. The maximum atomic E-state index is 13.4. The van der Waals surface area contributed by atoms with Crippen molar-refractivity contribution in [3.05, 3.63) is 24.4 Å². The summed E-state index contributed by atoms with van der Waals surface area (Å²) >= 11 is 0. The highest BCUT2D eigenvalue weighted by atomic mass is 33.1. The molecule has 1 aromatic heterocycles. The van der Waals surface area contributed by atoms with Crippen LogP contribution in [0.5, 0.6) is 0 Å². The van der Waals surface area contributed by atoms with E-state index < -0.39 is 159 Å². The first-order valence-corrected chi connectivity index (χ1v) is 22.4. The summed E-state index contributed by atoms with van der Waals surface area (Å²) in [5.74, 6) is -3.54. The first kappa shape index (κ1) is 52.1. The molecule has 4 fully saturated rings. The molecule has 1 aromatic rings. The Morgan fingerprint density at radius 3 is 1.80 bits per heavy atom. The van der Waals surface area contributed by atoms with Crippen LogP contribution in [-0.2, 0) is 57.1 Å². The number of carbonyl (C=O) groups excluding carboxylic acids is 3. The lowest BCUT2D eigenvalue weighted by atomic mass is 9.92. The third-order valence-corrected chi connectivity index (χ3v) is 13.0. The van der Waals surface area contributed by atoms with Crippen LogP contribution in [0.25, 0.3) is 0 Å². The summed E-state index contributed by atoms with van der Waals surface area (Å²) in [5, 5.41) is 106. The van der Waals surface area contributed by atoms with Crippen LogP contribution in [0.15, 0.2) is 29.4 Å². The second-order valence-corrected chi connectivity index (χ2v) is 17.7. The molecule has 5 rings (SSSR count). The fraction of sp³-hybridized carbons (Fsp3) is 0.757. The van der Waals surface area contributed by atoms with Gasteiger partial charge in [0.15, 0.2) is 31.1 Å². The fourth-order valence-corrected chi connectivity index (χ4v) is 9.40. The van der Waals surface area contributed by atoms with Gasteiger partial charge in [0.25, 0.3) is 5.91 Å². The Morgan fingerprint density at radius 1 is 0.703 bits per heavy atom. The molecule has 0 aromatic carbocycles. The number of carbonyl (C=O) groups is 4. The summed E-state index contributed by atoms with van der Waals surface area (Å²) in [7, 11) is 3.93. The summed E-state index contributed by atoms with van der Waals surface area (Å²) in [6.07, 6.45) is -30.5. The molecule has 0 aliphatic carbocycles. The number of pyridine rings is 1. The van der Waals surface area contributed by atoms with E-state index in [1.807, 2.05) is 12.1 Å². The van der Waals surface area contributed by atoms with Gasteiger partial charge in [-0.3, -0.25) is 14.4 Å². The van der Waals surface area contributed by atoms with E-state index in [-0.39, 0.29) is 6.54 Å². The number of methoxy groups -OCH3 is 1. The van der Waals surface area contributed by atoms with Crippen molar-refractivity contribution in [2.75, 3.05) is 32.6 Å². The van der Waals surface area contributed by atoms with Crippen LogP contribution in [0.3, 0.4) is 0 Å². The van der Waals surface area contributed by atoms with Crippen molar-refractivity contribution in [1.82, 2.24) is 20.9 Å². The van der Waals surface area contributed by atoms with Gasteiger partial charge in [0.1, 0.15) is 84.3 Å². The second kappa shape index (κ2) is 23.7. The van der Waals surface area contributed by atoms with Crippen LogP contribution < -0.4 is 16.0 Å². The quantitative estimate of drug-likeness (QED) is 0.0482. The van der Waals surface area contributed by atoms with Crippen molar-refractivity contribution in [3.8, 4) is 0 Å². The number of rotatable bonds is 18. The van der Waals surface area contributed by atoms with E-state index >= 15 is 0 Å². The average Bonchev–Trinajstić information content (AvgIpc) is 3.25. The molecule has 8 unspecified atom stereocenters. The normalized spacial score (nSPS) is 40.2. The van der Waals surface area contributed by atoms with Crippen molar-refractivity contribution < 1.29 is 103 Å². The second-order valence-electron chi connectivity index (χ2n) is 15.2. The van der Waals surface area contributed by atoms with Crippen LogP contribution >= 0.6 is 21.6 Å². The Kier molecular flexibility index (Phi) is 19.3. The van der Waals surface area contributed by atoms with Gasteiger partial charge >= 0.3 is 5.97 Å². The molecule has 27 heteroatoms. The summed E-state index contributed by atoms with van der Waals surface area (Å²) in [4.78, 5) is 54.9. The number of hydrogen-bond acceptors (Lipinski definition) is 23. The summed E-state index contributed by atoms with van der Waals surface area (Å²) < 4.78 is 45.7. The zero-order chi connectivity index (χ0) is 47.0. The number of aromatic nitrogens is 1. The maximum Gasteiger partial charge on any atom is 0.335 e. The Labute approximate surface area is 373 Å². The molecule has 5 heterocycles. The Bertz CT molecular complexity index is 1700. The third-order valence-electron chi connectivity index (χ3n) is 10.7. The fourth-order valence-electron chi connectivity index (χ4n) is 7.62. The van der Waals surface area contributed by atoms with Crippen LogP contribution in [0, 0.1) is 0 Å². The van der Waals surface area contributed by atoms with Gasteiger partial charge in [-0.05, 0) is 29.9 Å². The molecule has 20 atom stereocenters. The van der Waals surface area contributed by atoms with Gasteiger partial charge < -0.3 is 99.8 Å². The van der Waals surface area contributed by atoms with Crippen LogP contribution in [0.4, 0.5) is 0 Å².